The first-order valence-electron chi connectivity index (χ1n) is 7.72. The SMILES string of the molecule is COc1ccc(OC)c(/C=N\NC(=O)CSc2nc3ccccc3s2)c1. The second-order valence-electron chi connectivity index (χ2n) is 5.14. The van der Waals surface area contributed by atoms with Crippen molar-refractivity contribution in [1.29, 1.82) is 0 Å². The van der Waals surface area contributed by atoms with Gasteiger partial charge in [-0.1, -0.05) is 23.9 Å². The number of hydrogen-bond acceptors (Lipinski definition) is 7. The summed E-state index contributed by atoms with van der Waals surface area (Å²) in [4.78, 5) is 16.5. The van der Waals surface area contributed by atoms with Crippen LogP contribution in [0.3, 0.4) is 0 Å². The fourth-order valence-corrected chi connectivity index (χ4v) is 4.05. The summed E-state index contributed by atoms with van der Waals surface area (Å²) in [6.07, 6.45) is 1.53. The molecule has 0 radical (unpaired) electrons. The third kappa shape index (κ3) is 4.53. The molecule has 134 valence electrons. The Kier molecular flexibility index (Phi) is 6.08. The van der Waals surface area contributed by atoms with Crippen molar-refractivity contribution in [3.63, 3.8) is 0 Å². The maximum atomic E-state index is 12.0. The van der Waals surface area contributed by atoms with Crippen molar-refractivity contribution in [1.82, 2.24) is 10.4 Å². The van der Waals surface area contributed by atoms with E-state index in [4.69, 9.17) is 9.47 Å². The fourth-order valence-electron chi connectivity index (χ4n) is 2.19. The second-order valence-corrected chi connectivity index (χ2v) is 7.39. The number of hydrogen-bond donors (Lipinski definition) is 1. The van der Waals surface area contributed by atoms with Crippen molar-refractivity contribution in [2.24, 2.45) is 5.10 Å². The summed E-state index contributed by atoms with van der Waals surface area (Å²) in [6.45, 7) is 0. The van der Waals surface area contributed by atoms with E-state index < -0.39 is 0 Å². The van der Waals surface area contributed by atoms with Gasteiger partial charge in [-0.15, -0.1) is 11.3 Å². The maximum Gasteiger partial charge on any atom is 0.250 e. The van der Waals surface area contributed by atoms with Crippen LogP contribution in [0.1, 0.15) is 5.56 Å². The molecular weight excluding hydrogens is 370 g/mol. The van der Waals surface area contributed by atoms with Gasteiger partial charge in [-0.05, 0) is 30.3 Å². The molecule has 1 aromatic heterocycles. The Morgan fingerprint density at radius 3 is 2.88 bits per heavy atom. The van der Waals surface area contributed by atoms with Crippen LogP contribution in [0, 0.1) is 0 Å². The van der Waals surface area contributed by atoms with Crippen LogP contribution in [0.15, 0.2) is 51.9 Å². The number of thiazole rings is 1. The highest BCUT2D eigenvalue weighted by Crippen LogP contribution is 2.29. The average Bonchev–Trinajstić information content (AvgIpc) is 3.09. The van der Waals surface area contributed by atoms with Crippen LogP contribution in [-0.2, 0) is 4.79 Å². The Balaban J connectivity index is 1.56. The molecule has 0 fully saturated rings. The summed E-state index contributed by atoms with van der Waals surface area (Å²) in [5.41, 5.74) is 4.18. The number of amides is 1. The maximum absolute atomic E-state index is 12.0. The lowest BCUT2D eigenvalue weighted by Crippen LogP contribution is -2.19. The Morgan fingerprint density at radius 2 is 2.12 bits per heavy atom. The van der Waals surface area contributed by atoms with Crippen molar-refractivity contribution >= 4 is 45.4 Å². The minimum absolute atomic E-state index is 0.202. The van der Waals surface area contributed by atoms with E-state index in [-0.39, 0.29) is 11.7 Å². The minimum Gasteiger partial charge on any atom is -0.497 e. The van der Waals surface area contributed by atoms with Crippen LogP contribution < -0.4 is 14.9 Å². The lowest BCUT2D eigenvalue weighted by Gasteiger charge is -2.06. The number of nitrogens with one attached hydrogen (secondary N) is 1. The lowest BCUT2D eigenvalue weighted by atomic mass is 10.2. The number of carbonyl (C=O) groups is 1. The lowest BCUT2D eigenvalue weighted by molar-refractivity contribution is -0.118. The molecule has 0 atom stereocenters. The molecule has 1 amide bonds. The van der Waals surface area contributed by atoms with Gasteiger partial charge >= 0.3 is 0 Å². The number of rotatable bonds is 7. The minimum atomic E-state index is -0.202. The highest BCUT2D eigenvalue weighted by molar-refractivity contribution is 8.01. The van der Waals surface area contributed by atoms with Gasteiger partial charge in [0, 0.05) is 5.56 Å². The first-order valence-corrected chi connectivity index (χ1v) is 9.52. The van der Waals surface area contributed by atoms with E-state index in [0.717, 1.165) is 14.6 Å². The molecule has 0 aliphatic carbocycles. The number of methoxy groups -OCH3 is 2. The fraction of sp³-hybridized carbons (Fsp3) is 0.167. The molecule has 0 unspecified atom stereocenters. The largest absolute Gasteiger partial charge is 0.497 e. The molecule has 0 saturated carbocycles. The highest BCUT2D eigenvalue weighted by atomic mass is 32.2. The number of ether oxygens (including phenoxy) is 2. The van der Waals surface area contributed by atoms with Crippen LogP contribution in [0.4, 0.5) is 0 Å². The number of carbonyl (C=O) groups excluding carboxylic acids is 1. The first kappa shape index (κ1) is 18.2. The predicted molar refractivity (Wildman–Crippen MR) is 106 cm³/mol. The van der Waals surface area contributed by atoms with E-state index in [9.17, 15) is 4.79 Å². The summed E-state index contributed by atoms with van der Waals surface area (Å²) in [6, 6.07) is 13.3. The molecule has 0 spiro atoms. The zero-order chi connectivity index (χ0) is 18.4. The molecule has 8 heteroatoms. The van der Waals surface area contributed by atoms with E-state index in [1.165, 1.54) is 18.0 Å². The molecule has 1 heterocycles. The van der Waals surface area contributed by atoms with Gasteiger partial charge in [0.15, 0.2) is 4.34 Å². The van der Waals surface area contributed by atoms with Gasteiger partial charge in [0.1, 0.15) is 11.5 Å². The normalized spacial score (nSPS) is 11.0. The van der Waals surface area contributed by atoms with Gasteiger partial charge in [0.05, 0.1) is 36.4 Å². The molecule has 0 bridgehead atoms. The van der Waals surface area contributed by atoms with E-state index in [1.54, 1.807) is 43.8 Å². The Hall–Kier alpha value is -2.58. The van der Waals surface area contributed by atoms with E-state index in [1.807, 2.05) is 24.3 Å². The second kappa shape index (κ2) is 8.68. The van der Waals surface area contributed by atoms with Crippen LogP contribution in [-0.4, -0.2) is 37.1 Å². The standard InChI is InChI=1S/C18H17N3O3S2/c1-23-13-7-8-15(24-2)12(9-13)10-19-21-17(22)11-25-18-20-14-5-3-4-6-16(14)26-18/h3-10H,11H2,1-2H3,(H,21,22)/b19-10-. The van der Waals surface area contributed by atoms with Crippen molar-refractivity contribution < 1.29 is 14.3 Å². The van der Waals surface area contributed by atoms with Crippen molar-refractivity contribution in [3.8, 4) is 11.5 Å². The Bertz CT molecular complexity index is 907. The zero-order valence-corrected chi connectivity index (χ0v) is 15.9. The molecule has 0 aliphatic heterocycles. The van der Waals surface area contributed by atoms with E-state index >= 15 is 0 Å². The van der Waals surface area contributed by atoms with Gasteiger partial charge in [0.2, 0.25) is 0 Å². The Morgan fingerprint density at radius 1 is 1.27 bits per heavy atom. The molecule has 0 aliphatic rings. The smallest absolute Gasteiger partial charge is 0.250 e. The van der Waals surface area contributed by atoms with Gasteiger partial charge in [-0.3, -0.25) is 4.79 Å². The molecule has 3 rings (SSSR count). The summed E-state index contributed by atoms with van der Waals surface area (Å²) in [5, 5.41) is 3.99. The average molecular weight is 387 g/mol. The number of fused-ring (bicyclic) bond motifs is 1. The number of thioether (sulfide) groups is 1. The molecule has 1 N–H and O–H groups in total. The number of aromatic nitrogens is 1. The zero-order valence-electron chi connectivity index (χ0n) is 14.3. The topological polar surface area (TPSA) is 72.8 Å². The molecule has 2 aromatic carbocycles. The summed E-state index contributed by atoms with van der Waals surface area (Å²) in [5.74, 6) is 1.37. The molecular formula is C18H17N3O3S2. The van der Waals surface area contributed by atoms with Crippen LogP contribution in [0.25, 0.3) is 10.2 Å². The van der Waals surface area contributed by atoms with Gasteiger partial charge in [0.25, 0.3) is 5.91 Å². The molecule has 26 heavy (non-hydrogen) atoms. The van der Waals surface area contributed by atoms with E-state index in [0.29, 0.717) is 17.1 Å². The van der Waals surface area contributed by atoms with Crippen LogP contribution in [0.5, 0.6) is 11.5 Å². The number of nitrogens with zero attached hydrogens (tertiary/aromatic N) is 2. The molecule has 0 saturated heterocycles. The van der Waals surface area contributed by atoms with Crippen LogP contribution in [0.2, 0.25) is 0 Å². The third-order valence-corrected chi connectivity index (χ3v) is 5.61. The van der Waals surface area contributed by atoms with E-state index in [2.05, 4.69) is 15.5 Å². The van der Waals surface area contributed by atoms with Crippen molar-refractivity contribution in [2.75, 3.05) is 20.0 Å². The van der Waals surface area contributed by atoms with Gasteiger partial charge < -0.3 is 9.47 Å². The predicted octanol–water partition coefficient (Wildman–Crippen LogP) is 3.56. The third-order valence-electron chi connectivity index (χ3n) is 3.43. The highest BCUT2D eigenvalue weighted by Gasteiger charge is 2.07. The van der Waals surface area contributed by atoms with Gasteiger partial charge in [-0.25, -0.2) is 10.4 Å². The molecule has 6 nitrogen and oxygen atoms in total. The van der Waals surface area contributed by atoms with Crippen molar-refractivity contribution in [2.45, 2.75) is 4.34 Å². The van der Waals surface area contributed by atoms with Crippen molar-refractivity contribution in [3.05, 3.63) is 48.0 Å². The quantitative estimate of drug-likeness (QED) is 0.381. The molecule has 3 aromatic rings. The summed E-state index contributed by atoms with van der Waals surface area (Å²) < 4.78 is 12.4. The Labute approximate surface area is 159 Å². The first-order chi connectivity index (χ1) is 12.7. The summed E-state index contributed by atoms with van der Waals surface area (Å²) >= 11 is 2.96. The summed E-state index contributed by atoms with van der Waals surface area (Å²) in [7, 11) is 3.16. The monoisotopic (exact) mass is 387 g/mol. The van der Waals surface area contributed by atoms with Crippen LogP contribution >= 0.6 is 23.1 Å². The number of benzene rings is 2. The number of hydrazone groups is 1. The number of para-hydroxylation sites is 1. The van der Waals surface area contributed by atoms with Gasteiger partial charge in [-0.2, -0.15) is 5.10 Å².